The zero-order chi connectivity index (χ0) is 10.6. The molecule has 1 fully saturated rings. The lowest BCUT2D eigenvalue weighted by Crippen LogP contribution is -2.38. The lowest BCUT2D eigenvalue weighted by Gasteiger charge is -2.29. The van der Waals surface area contributed by atoms with Crippen molar-refractivity contribution in [1.82, 2.24) is 5.32 Å². The van der Waals surface area contributed by atoms with Gasteiger partial charge in [-0.25, -0.2) is 4.79 Å². The van der Waals surface area contributed by atoms with Crippen LogP contribution in [0.2, 0.25) is 0 Å². The molecule has 6 heteroatoms. The maximum Gasteiger partial charge on any atom is 0.433 e. The van der Waals surface area contributed by atoms with Gasteiger partial charge in [0.1, 0.15) is 10.6 Å². The molecule has 1 aliphatic rings. The highest BCUT2D eigenvalue weighted by Crippen LogP contribution is 2.26. The molecule has 0 aromatic rings. The van der Waals surface area contributed by atoms with E-state index in [-0.39, 0.29) is 0 Å². The Bertz CT molecular complexity index is 253. The van der Waals surface area contributed by atoms with Crippen LogP contribution in [0.5, 0.6) is 0 Å². The molecule has 0 spiro atoms. The van der Waals surface area contributed by atoms with Gasteiger partial charge in [0.05, 0.1) is 6.61 Å². The Morgan fingerprint density at radius 2 is 2.43 bits per heavy atom. The van der Waals surface area contributed by atoms with Crippen molar-refractivity contribution >= 4 is 22.9 Å². The molecule has 1 N–H and O–H groups in total. The van der Waals surface area contributed by atoms with Gasteiger partial charge in [-0.15, -0.1) is 11.8 Å². The number of ether oxygens (including phenoxy) is 1. The molecule has 1 saturated heterocycles. The van der Waals surface area contributed by atoms with E-state index in [9.17, 15) is 4.79 Å². The average molecular weight is 218 g/mol. The number of thioether (sulfide) groups is 1. The molecule has 5 nitrogen and oxygen atoms in total. The summed E-state index contributed by atoms with van der Waals surface area (Å²) in [6.07, 6.45) is -0.570. The maximum absolute atomic E-state index is 10.8. The first-order valence-electron chi connectivity index (χ1n) is 4.30. The highest BCUT2D eigenvalue weighted by atomic mass is 32.2. The van der Waals surface area contributed by atoms with E-state index in [0.717, 1.165) is 5.75 Å². The quantitative estimate of drug-likeness (QED) is 0.530. The summed E-state index contributed by atoms with van der Waals surface area (Å²) in [6, 6.07) is 0. The van der Waals surface area contributed by atoms with Gasteiger partial charge in [-0.2, -0.15) is 0 Å². The molecule has 0 saturated carbocycles. The summed E-state index contributed by atoms with van der Waals surface area (Å²) in [5.41, 5.74) is -0.461. The van der Waals surface area contributed by atoms with Gasteiger partial charge >= 0.3 is 6.09 Å². The molecule has 1 heterocycles. The minimum atomic E-state index is -0.570. The number of carbonyl (C=O) groups excluding carboxylic acids is 1. The Morgan fingerprint density at radius 1 is 1.71 bits per heavy atom. The van der Waals surface area contributed by atoms with Crippen molar-refractivity contribution < 1.29 is 14.4 Å². The summed E-state index contributed by atoms with van der Waals surface area (Å²) < 4.78 is 5.48. The molecule has 14 heavy (non-hydrogen) atoms. The van der Waals surface area contributed by atoms with Crippen LogP contribution in [0.1, 0.15) is 13.8 Å². The molecule has 1 aliphatic heterocycles. The number of hydrogen-bond acceptors (Lipinski definition) is 5. The first kappa shape index (κ1) is 11.3. The predicted molar refractivity (Wildman–Crippen MR) is 55.5 cm³/mol. The standard InChI is InChI=1S/C8H14N2O3S/c1-8(2)6(14-5-4-12-8)10-13-7(11)9-3/h4-5H2,1-3H3,(H,9,11). The van der Waals surface area contributed by atoms with Crippen molar-refractivity contribution in [2.45, 2.75) is 19.4 Å². The largest absolute Gasteiger partial charge is 0.433 e. The van der Waals surface area contributed by atoms with Crippen LogP contribution >= 0.6 is 11.8 Å². The molecular formula is C8H14N2O3S. The van der Waals surface area contributed by atoms with E-state index >= 15 is 0 Å². The molecule has 0 aliphatic carbocycles. The minimum Gasteiger partial charge on any atom is -0.368 e. The summed E-state index contributed by atoms with van der Waals surface area (Å²) in [4.78, 5) is 15.4. The molecule has 0 bridgehead atoms. The second-order valence-corrected chi connectivity index (χ2v) is 4.32. The van der Waals surface area contributed by atoms with E-state index in [2.05, 4.69) is 15.3 Å². The van der Waals surface area contributed by atoms with Gasteiger partial charge in [-0.1, -0.05) is 5.16 Å². The molecule has 1 amide bonds. The summed E-state index contributed by atoms with van der Waals surface area (Å²) in [5.74, 6) is 0.833. The van der Waals surface area contributed by atoms with E-state index in [1.165, 1.54) is 7.05 Å². The molecule has 1 rings (SSSR count). The third-order valence-electron chi connectivity index (χ3n) is 1.72. The van der Waals surface area contributed by atoms with E-state index < -0.39 is 11.7 Å². The minimum absolute atomic E-state index is 0.461. The topological polar surface area (TPSA) is 59.9 Å². The van der Waals surface area contributed by atoms with Crippen LogP contribution in [-0.2, 0) is 9.57 Å². The van der Waals surface area contributed by atoms with Crippen LogP contribution in [0.4, 0.5) is 4.79 Å². The van der Waals surface area contributed by atoms with Crippen LogP contribution < -0.4 is 5.32 Å². The van der Waals surface area contributed by atoms with Crippen LogP contribution in [0.25, 0.3) is 0 Å². The van der Waals surface area contributed by atoms with Crippen LogP contribution in [0.3, 0.4) is 0 Å². The zero-order valence-electron chi connectivity index (χ0n) is 8.49. The van der Waals surface area contributed by atoms with Crippen molar-refractivity contribution in [1.29, 1.82) is 0 Å². The van der Waals surface area contributed by atoms with Gasteiger partial charge in [-0.3, -0.25) is 4.84 Å². The van der Waals surface area contributed by atoms with E-state index in [1.54, 1.807) is 11.8 Å². The van der Waals surface area contributed by atoms with Crippen molar-refractivity contribution in [2.75, 3.05) is 19.4 Å². The van der Waals surface area contributed by atoms with E-state index in [1.807, 2.05) is 13.8 Å². The van der Waals surface area contributed by atoms with Gasteiger partial charge in [-0.05, 0) is 13.8 Å². The first-order valence-corrected chi connectivity index (χ1v) is 5.29. The second kappa shape index (κ2) is 4.65. The van der Waals surface area contributed by atoms with Crippen molar-refractivity contribution in [3.05, 3.63) is 0 Å². The third-order valence-corrected chi connectivity index (χ3v) is 2.93. The Kier molecular flexibility index (Phi) is 3.77. The fraction of sp³-hybridized carbons (Fsp3) is 0.750. The lowest BCUT2D eigenvalue weighted by molar-refractivity contribution is 0.0420. The number of amides is 1. The van der Waals surface area contributed by atoms with E-state index in [4.69, 9.17) is 4.74 Å². The van der Waals surface area contributed by atoms with Crippen LogP contribution in [0.15, 0.2) is 5.16 Å². The van der Waals surface area contributed by atoms with Gasteiger partial charge in [0.25, 0.3) is 0 Å². The van der Waals surface area contributed by atoms with E-state index in [0.29, 0.717) is 11.7 Å². The van der Waals surface area contributed by atoms with Gasteiger partial charge in [0, 0.05) is 12.8 Å². The third kappa shape index (κ3) is 2.88. The van der Waals surface area contributed by atoms with Gasteiger partial charge < -0.3 is 10.1 Å². The number of oxime groups is 1. The predicted octanol–water partition coefficient (Wildman–Crippen LogP) is 1.20. The lowest BCUT2D eigenvalue weighted by atomic mass is 10.1. The highest BCUT2D eigenvalue weighted by molar-refractivity contribution is 8.14. The Balaban J connectivity index is 2.60. The summed E-state index contributed by atoms with van der Waals surface area (Å²) in [7, 11) is 1.48. The molecule has 0 atom stereocenters. The van der Waals surface area contributed by atoms with Gasteiger partial charge in [0.15, 0.2) is 0 Å². The first-order chi connectivity index (χ1) is 6.56. The Morgan fingerprint density at radius 3 is 3.00 bits per heavy atom. The fourth-order valence-corrected chi connectivity index (χ4v) is 1.79. The second-order valence-electron chi connectivity index (χ2n) is 3.23. The molecule has 0 radical (unpaired) electrons. The SMILES string of the molecule is CNC(=O)ON=C1SCCOC1(C)C. The summed E-state index contributed by atoms with van der Waals surface area (Å²) in [6.45, 7) is 4.48. The maximum atomic E-state index is 10.8. The smallest absolute Gasteiger partial charge is 0.368 e. The van der Waals surface area contributed by atoms with Crippen LogP contribution in [-0.4, -0.2) is 36.1 Å². The number of rotatable bonds is 1. The Hall–Kier alpha value is -0.750. The number of carbonyl (C=O) groups is 1. The van der Waals surface area contributed by atoms with Crippen LogP contribution in [0, 0.1) is 0 Å². The monoisotopic (exact) mass is 218 g/mol. The number of nitrogens with one attached hydrogen (secondary N) is 1. The fourth-order valence-electron chi connectivity index (χ4n) is 0.936. The van der Waals surface area contributed by atoms with Crippen molar-refractivity contribution in [3.8, 4) is 0 Å². The normalized spacial score (nSPS) is 23.2. The molecule has 80 valence electrons. The number of nitrogens with zero attached hydrogens (tertiary/aromatic N) is 1. The highest BCUT2D eigenvalue weighted by Gasteiger charge is 2.31. The summed E-state index contributed by atoms with van der Waals surface area (Å²) in [5, 5.41) is 6.75. The Labute approximate surface area is 87.2 Å². The van der Waals surface area contributed by atoms with Crippen molar-refractivity contribution in [3.63, 3.8) is 0 Å². The zero-order valence-corrected chi connectivity index (χ0v) is 9.31. The molecule has 0 aromatic carbocycles. The van der Waals surface area contributed by atoms with Crippen molar-refractivity contribution in [2.24, 2.45) is 5.16 Å². The number of hydrogen-bond donors (Lipinski definition) is 1. The molecule has 0 aromatic heterocycles. The van der Waals surface area contributed by atoms with Gasteiger partial charge in [0.2, 0.25) is 0 Å². The summed E-state index contributed by atoms with van der Waals surface area (Å²) >= 11 is 1.54. The molecule has 0 unspecified atom stereocenters. The average Bonchev–Trinajstić information content (AvgIpc) is 2.15. The molecular weight excluding hydrogens is 204 g/mol.